The molecule has 0 bridgehead atoms. The molecule has 16 heavy (non-hydrogen) atoms. The number of rotatable bonds is 2. The fraction of sp³-hybridized carbons (Fsp3) is 0.286. The van der Waals surface area contributed by atoms with Gasteiger partial charge in [-0.05, 0) is 24.3 Å². The average molecular weight is 324 g/mol. The summed E-state index contributed by atoms with van der Waals surface area (Å²) >= 11 is 2.48. The molecule has 0 unspecified atom stereocenters. The maximum Gasteiger partial charge on any atom is 0.127 e. The lowest BCUT2D eigenvalue weighted by Crippen LogP contribution is -2.36. The van der Waals surface area contributed by atoms with Crippen molar-refractivity contribution in [3.63, 3.8) is 0 Å². The van der Waals surface area contributed by atoms with Gasteiger partial charge in [0.1, 0.15) is 11.9 Å². The number of fused-ring (bicyclic) bond motifs is 1. The number of alkyl halides is 1. The SMILES string of the molecule is I[C@@H]1CC[C@H]1Oc1cccc2ccccc12. The van der Waals surface area contributed by atoms with Gasteiger partial charge in [-0.1, -0.05) is 59.0 Å². The van der Waals surface area contributed by atoms with Crippen LogP contribution in [0.1, 0.15) is 12.8 Å². The Labute approximate surface area is 109 Å². The van der Waals surface area contributed by atoms with Crippen LogP contribution in [-0.4, -0.2) is 10.0 Å². The third kappa shape index (κ3) is 1.79. The third-order valence-corrected chi connectivity index (χ3v) is 4.58. The summed E-state index contributed by atoms with van der Waals surface area (Å²) in [5, 5.41) is 2.48. The number of hydrogen-bond donors (Lipinski definition) is 0. The molecular weight excluding hydrogens is 311 g/mol. The molecule has 1 nitrogen and oxygen atoms in total. The smallest absolute Gasteiger partial charge is 0.127 e. The summed E-state index contributed by atoms with van der Waals surface area (Å²) in [6.07, 6.45) is 2.89. The van der Waals surface area contributed by atoms with Crippen LogP contribution in [0.3, 0.4) is 0 Å². The van der Waals surface area contributed by atoms with Crippen molar-refractivity contribution in [3.8, 4) is 5.75 Å². The normalized spacial score (nSPS) is 24.1. The van der Waals surface area contributed by atoms with Crippen molar-refractivity contribution in [3.05, 3.63) is 42.5 Å². The minimum Gasteiger partial charge on any atom is -0.489 e. The molecule has 1 aliphatic carbocycles. The van der Waals surface area contributed by atoms with Crippen molar-refractivity contribution >= 4 is 33.4 Å². The maximum atomic E-state index is 6.07. The highest BCUT2D eigenvalue weighted by Gasteiger charge is 2.30. The summed E-state index contributed by atoms with van der Waals surface area (Å²) in [7, 11) is 0. The molecule has 2 aromatic rings. The predicted molar refractivity (Wildman–Crippen MR) is 75.4 cm³/mol. The largest absolute Gasteiger partial charge is 0.489 e. The topological polar surface area (TPSA) is 9.23 Å². The molecule has 0 saturated heterocycles. The lowest BCUT2D eigenvalue weighted by Gasteiger charge is -2.32. The van der Waals surface area contributed by atoms with Gasteiger partial charge in [0.05, 0.1) is 0 Å². The van der Waals surface area contributed by atoms with Crippen molar-refractivity contribution in [1.82, 2.24) is 0 Å². The molecule has 1 saturated carbocycles. The zero-order chi connectivity index (χ0) is 11.0. The Kier molecular flexibility index (Phi) is 2.75. The minimum absolute atomic E-state index is 0.409. The molecule has 2 aromatic carbocycles. The summed E-state index contributed by atoms with van der Waals surface area (Å²) < 4.78 is 6.75. The molecule has 0 N–H and O–H groups in total. The Bertz CT molecular complexity index is 504. The fourth-order valence-corrected chi connectivity index (χ4v) is 2.89. The second-order valence-corrected chi connectivity index (χ2v) is 5.83. The van der Waals surface area contributed by atoms with Gasteiger partial charge in [0.2, 0.25) is 0 Å². The number of halogens is 1. The van der Waals surface area contributed by atoms with E-state index in [1.165, 1.54) is 23.6 Å². The lowest BCUT2D eigenvalue weighted by molar-refractivity contribution is 0.137. The first-order valence-corrected chi connectivity index (χ1v) is 6.87. The molecule has 0 amide bonds. The van der Waals surface area contributed by atoms with Gasteiger partial charge in [-0.3, -0.25) is 0 Å². The molecule has 2 atom stereocenters. The highest BCUT2D eigenvalue weighted by Crippen LogP contribution is 2.34. The molecule has 82 valence electrons. The van der Waals surface area contributed by atoms with Crippen LogP contribution < -0.4 is 4.74 Å². The number of benzene rings is 2. The fourth-order valence-electron chi connectivity index (χ4n) is 2.02. The van der Waals surface area contributed by atoms with E-state index in [0.717, 1.165) is 5.75 Å². The highest BCUT2D eigenvalue weighted by atomic mass is 127. The second-order valence-electron chi connectivity index (χ2n) is 4.23. The van der Waals surface area contributed by atoms with Gasteiger partial charge in [-0.25, -0.2) is 0 Å². The summed E-state index contributed by atoms with van der Waals surface area (Å²) in [6.45, 7) is 0. The quantitative estimate of drug-likeness (QED) is 0.595. The van der Waals surface area contributed by atoms with E-state index in [1.54, 1.807) is 0 Å². The minimum atomic E-state index is 0.409. The van der Waals surface area contributed by atoms with E-state index in [4.69, 9.17) is 4.74 Å². The molecular formula is C14H13IO. The summed E-state index contributed by atoms with van der Waals surface area (Å²) in [4.78, 5) is 0. The Morgan fingerprint density at radius 1 is 1.00 bits per heavy atom. The van der Waals surface area contributed by atoms with Crippen LogP contribution in [0.2, 0.25) is 0 Å². The molecule has 1 aliphatic rings. The van der Waals surface area contributed by atoms with Gasteiger partial charge in [0, 0.05) is 9.31 Å². The molecule has 1 fully saturated rings. The molecule has 2 heteroatoms. The van der Waals surface area contributed by atoms with Crippen LogP contribution >= 0.6 is 22.6 Å². The molecule has 0 radical (unpaired) electrons. The average Bonchev–Trinajstić information content (AvgIpc) is 2.34. The van der Waals surface area contributed by atoms with E-state index in [1.807, 2.05) is 0 Å². The predicted octanol–water partition coefficient (Wildman–Crippen LogP) is 4.18. The summed E-state index contributed by atoms with van der Waals surface area (Å²) in [6, 6.07) is 14.7. The van der Waals surface area contributed by atoms with E-state index in [0.29, 0.717) is 10.0 Å². The maximum absolute atomic E-state index is 6.07. The van der Waals surface area contributed by atoms with Crippen LogP contribution in [0.5, 0.6) is 5.75 Å². The number of hydrogen-bond acceptors (Lipinski definition) is 1. The van der Waals surface area contributed by atoms with Gasteiger partial charge in [0.25, 0.3) is 0 Å². The molecule has 0 spiro atoms. The van der Waals surface area contributed by atoms with Crippen molar-refractivity contribution in [2.45, 2.75) is 22.9 Å². The van der Waals surface area contributed by atoms with Crippen LogP contribution in [0.15, 0.2) is 42.5 Å². The van der Waals surface area contributed by atoms with Crippen LogP contribution in [0.4, 0.5) is 0 Å². The first kappa shape index (κ1) is 10.4. The van der Waals surface area contributed by atoms with Gasteiger partial charge in [-0.2, -0.15) is 0 Å². The van der Waals surface area contributed by atoms with E-state index in [2.05, 4.69) is 65.1 Å². The van der Waals surface area contributed by atoms with Crippen LogP contribution in [0.25, 0.3) is 10.8 Å². The first-order valence-electron chi connectivity index (χ1n) is 5.63. The van der Waals surface area contributed by atoms with Crippen LogP contribution in [-0.2, 0) is 0 Å². The summed E-state index contributed by atoms with van der Waals surface area (Å²) in [5.74, 6) is 1.03. The van der Waals surface area contributed by atoms with Gasteiger partial charge >= 0.3 is 0 Å². The van der Waals surface area contributed by atoms with Crippen LogP contribution in [0, 0.1) is 0 Å². The first-order chi connectivity index (χ1) is 7.84. The Balaban J connectivity index is 1.96. The number of ether oxygens (including phenoxy) is 1. The van der Waals surface area contributed by atoms with E-state index in [-0.39, 0.29) is 0 Å². The Hall–Kier alpha value is -0.770. The molecule has 0 heterocycles. The van der Waals surface area contributed by atoms with E-state index in [9.17, 15) is 0 Å². The highest BCUT2D eigenvalue weighted by molar-refractivity contribution is 14.1. The van der Waals surface area contributed by atoms with Crippen molar-refractivity contribution in [2.24, 2.45) is 0 Å². The van der Waals surface area contributed by atoms with Gasteiger partial charge < -0.3 is 4.74 Å². The molecule has 0 aromatic heterocycles. The van der Waals surface area contributed by atoms with Crippen molar-refractivity contribution in [2.75, 3.05) is 0 Å². The molecule has 0 aliphatic heterocycles. The Morgan fingerprint density at radius 3 is 2.56 bits per heavy atom. The summed E-state index contributed by atoms with van der Waals surface area (Å²) in [5.41, 5.74) is 0. The second kappa shape index (κ2) is 4.24. The standard InChI is InChI=1S/C14H13IO/c15-12-8-9-14(12)16-13-7-3-5-10-4-1-2-6-11(10)13/h1-7,12,14H,8-9H2/t12-,14-/m1/s1. The van der Waals surface area contributed by atoms with Gasteiger partial charge in [0.15, 0.2) is 0 Å². The van der Waals surface area contributed by atoms with Crippen molar-refractivity contribution in [1.29, 1.82) is 0 Å². The van der Waals surface area contributed by atoms with E-state index < -0.39 is 0 Å². The third-order valence-electron chi connectivity index (χ3n) is 3.16. The zero-order valence-corrected chi connectivity index (χ0v) is 11.1. The lowest BCUT2D eigenvalue weighted by atomic mass is 9.96. The monoisotopic (exact) mass is 324 g/mol. The zero-order valence-electron chi connectivity index (χ0n) is 8.90. The van der Waals surface area contributed by atoms with Gasteiger partial charge in [-0.15, -0.1) is 0 Å². The Morgan fingerprint density at radius 2 is 1.81 bits per heavy atom. The molecule has 3 rings (SSSR count). The van der Waals surface area contributed by atoms with Crippen molar-refractivity contribution < 1.29 is 4.74 Å². The van der Waals surface area contributed by atoms with E-state index >= 15 is 0 Å².